The zero-order valence-corrected chi connectivity index (χ0v) is 10.7. The number of anilines is 1. The van der Waals surface area contributed by atoms with E-state index >= 15 is 0 Å². The molecule has 0 bridgehead atoms. The molecule has 2 N–H and O–H groups in total. The molecule has 3 nitrogen and oxygen atoms in total. The Kier molecular flexibility index (Phi) is 4.23. The standard InChI is InChI=1S/C13H16N2OS/c1-16-8-3-9-17-12-6-7-15-13-10(12)4-2-5-11(13)14/h2,4-7H,3,8-9,14H2,1H3. The summed E-state index contributed by atoms with van der Waals surface area (Å²) in [5.74, 6) is 1.04. The van der Waals surface area contributed by atoms with Crippen LogP contribution in [-0.2, 0) is 4.74 Å². The molecule has 0 aliphatic heterocycles. The summed E-state index contributed by atoms with van der Waals surface area (Å²) < 4.78 is 5.04. The molecule has 0 saturated carbocycles. The molecule has 0 amide bonds. The first-order valence-corrected chi connectivity index (χ1v) is 6.56. The van der Waals surface area contributed by atoms with Crippen molar-refractivity contribution in [3.8, 4) is 0 Å². The van der Waals surface area contributed by atoms with E-state index in [4.69, 9.17) is 10.5 Å². The highest BCUT2D eigenvalue weighted by molar-refractivity contribution is 7.99. The molecular weight excluding hydrogens is 232 g/mol. The van der Waals surface area contributed by atoms with Crippen LogP contribution in [0.15, 0.2) is 35.4 Å². The molecule has 0 fully saturated rings. The van der Waals surface area contributed by atoms with Gasteiger partial charge in [-0.2, -0.15) is 0 Å². The molecule has 0 atom stereocenters. The molecule has 1 aromatic heterocycles. The van der Waals surface area contributed by atoms with Crippen molar-refractivity contribution >= 4 is 28.4 Å². The highest BCUT2D eigenvalue weighted by atomic mass is 32.2. The monoisotopic (exact) mass is 248 g/mol. The van der Waals surface area contributed by atoms with Gasteiger partial charge in [-0.25, -0.2) is 0 Å². The van der Waals surface area contributed by atoms with Crippen LogP contribution in [0.4, 0.5) is 5.69 Å². The minimum Gasteiger partial charge on any atom is -0.397 e. The zero-order valence-electron chi connectivity index (χ0n) is 9.85. The molecule has 1 aromatic carbocycles. The van der Waals surface area contributed by atoms with Crippen molar-refractivity contribution in [1.82, 2.24) is 4.98 Å². The fourth-order valence-corrected chi connectivity index (χ4v) is 2.64. The predicted octanol–water partition coefficient (Wildman–Crippen LogP) is 2.95. The molecule has 2 rings (SSSR count). The van der Waals surface area contributed by atoms with Gasteiger partial charge in [0, 0.05) is 35.9 Å². The first-order valence-electron chi connectivity index (χ1n) is 5.58. The number of nitrogens with zero attached hydrogens (tertiary/aromatic N) is 1. The third kappa shape index (κ3) is 2.90. The van der Waals surface area contributed by atoms with Gasteiger partial charge in [0.15, 0.2) is 0 Å². The van der Waals surface area contributed by atoms with Crippen molar-refractivity contribution in [1.29, 1.82) is 0 Å². The third-order valence-electron chi connectivity index (χ3n) is 2.51. The van der Waals surface area contributed by atoms with Gasteiger partial charge in [-0.1, -0.05) is 12.1 Å². The Bertz CT molecular complexity index is 502. The van der Waals surface area contributed by atoms with Gasteiger partial charge in [-0.05, 0) is 18.6 Å². The van der Waals surface area contributed by atoms with Gasteiger partial charge >= 0.3 is 0 Å². The number of hydrogen-bond acceptors (Lipinski definition) is 4. The maximum absolute atomic E-state index is 5.91. The van der Waals surface area contributed by atoms with E-state index in [0.717, 1.165) is 35.4 Å². The summed E-state index contributed by atoms with van der Waals surface area (Å²) >= 11 is 1.82. The van der Waals surface area contributed by atoms with E-state index in [-0.39, 0.29) is 0 Å². The van der Waals surface area contributed by atoms with Crippen molar-refractivity contribution in [2.75, 3.05) is 25.2 Å². The second-order valence-electron chi connectivity index (χ2n) is 3.75. The summed E-state index contributed by atoms with van der Waals surface area (Å²) in [6.07, 6.45) is 2.87. The minimum atomic E-state index is 0.738. The van der Waals surface area contributed by atoms with Gasteiger partial charge in [0.05, 0.1) is 11.2 Å². The normalized spacial score (nSPS) is 10.9. The van der Waals surface area contributed by atoms with Crippen LogP contribution < -0.4 is 5.73 Å². The van der Waals surface area contributed by atoms with Crippen molar-refractivity contribution in [3.05, 3.63) is 30.5 Å². The van der Waals surface area contributed by atoms with Crippen LogP contribution in [-0.4, -0.2) is 24.5 Å². The first-order chi connectivity index (χ1) is 8.33. The Morgan fingerprint density at radius 2 is 2.24 bits per heavy atom. The summed E-state index contributed by atoms with van der Waals surface area (Å²) in [6.45, 7) is 0.804. The van der Waals surface area contributed by atoms with Crippen LogP contribution in [0.25, 0.3) is 10.9 Å². The number of nitrogens with two attached hydrogens (primary N) is 1. The molecule has 0 unspecified atom stereocenters. The third-order valence-corrected chi connectivity index (χ3v) is 3.67. The highest BCUT2D eigenvalue weighted by Crippen LogP contribution is 2.29. The number of para-hydroxylation sites is 1. The lowest BCUT2D eigenvalue weighted by Crippen LogP contribution is -1.92. The number of pyridine rings is 1. The van der Waals surface area contributed by atoms with E-state index in [1.807, 2.05) is 36.2 Å². The van der Waals surface area contributed by atoms with Crippen molar-refractivity contribution in [2.45, 2.75) is 11.3 Å². The molecule has 17 heavy (non-hydrogen) atoms. The SMILES string of the molecule is COCCCSc1ccnc2c(N)cccc12. The lowest BCUT2D eigenvalue weighted by molar-refractivity contribution is 0.200. The summed E-state index contributed by atoms with van der Waals surface area (Å²) in [6, 6.07) is 7.96. The number of rotatable bonds is 5. The van der Waals surface area contributed by atoms with Gasteiger partial charge in [-0.3, -0.25) is 4.98 Å². The molecular formula is C13H16N2OS. The molecule has 4 heteroatoms. The fourth-order valence-electron chi connectivity index (χ4n) is 1.68. The lowest BCUT2D eigenvalue weighted by Gasteiger charge is -2.06. The summed E-state index contributed by atoms with van der Waals surface area (Å²) in [5.41, 5.74) is 7.54. The first kappa shape index (κ1) is 12.2. The Balaban J connectivity index is 2.19. The van der Waals surface area contributed by atoms with Crippen LogP contribution in [0.2, 0.25) is 0 Å². The Morgan fingerprint density at radius 3 is 3.06 bits per heavy atom. The van der Waals surface area contributed by atoms with Crippen LogP contribution in [0.3, 0.4) is 0 Å². The summed E-state index contributed by atoms with van der Waals surface area (Å²) in [5, 5.41) is 1.13. The van der Waals surface area contributed by atoms with E-state index in [1.54, 1.807) is 7.11 Å². The number of thioether (sulfide) groups is 1. The Morgan fingerprint density at radius 1 is 1.35 bits per heavy atom. The molecule has 0 aliphatic rings. The smallest absolute Gasteiger partial charge is 0.0942 e. The maximum atomic E-state index is 5.91. The Hall–Kier alpha value is -1.26. The molecule has 90 valence electrons. The van der Waals surface area contributed by atoms with Crippen LogP contribution in [0.1, 0.15) is 6.42 Å². The largest absolute Gasteiger partial charge is 0.397 e. The molecule has 0 saturated heterocycles. The number of fused-ring (bicyclic) bond motifs is 1. The van der Waals surface area contributed by atoms with Crippen LogP contribution in [0, 0.1) is 0 Å². The fraction of sp³-hybridized carbons (Fsp3) is 0.308. The van der Waals surface area contributed by atoms with Crippen molar-refractivity contribution in [2.24, 2.45) is 0 Å². The van der Waals surface area contributed by atoms with E-state index in [1.165, 1.54) is 4.90 Å². The maximum Gasteiger partial charge on any atom is 0.0942 e. The van der Waals surface area contributed by atoms with Crippen molar-refractivity contribution in [3.63, 3.8) is 0 Å². The average molecular weight is 248 g/mol. The van der Waals surface area contributed by atoms with E-state index in [0.29, 0.717) is 0 Å². The van der Waals surface area contributed by atoms with Crippen LogP contribution >= 0.6 is 11.8 Å². The second kappa shape index (κ2) is 5.89. The number of nitrogen functional groups attached to an aromatic ring is 1. The lowest BCUT2D eigenvalue weighted by atomic mass is 10.2. The van der Waals surface area contributed by atoms with Crippen LogP contribution in [0.5, 0.6) is 0 Å². The Labute approximate surface area is 105 Å². The van der Waals surface area contributed by atoms with Gasteiger partial charge < -0.3 is 10.5 Å². The number of hydrogen-bond donors (Lipinski definition) is 1. The molecule has 1 heterocycles. The van der Waals surface area contributed by atoms with Gasteiger partial charge in [-0.15, -0.1) is 11.8 Å². The average Bonchev–Trinajstić information content (AvgIpc) is 2.36. The van der Waals surface area contributed by atoms with Crippen molar-refractivity contribution < 1.29 is 4.74 Å². The molecule has 2 aromatic rings. The van der Waals surface area contributed by atoms with Gasteiger partial charge in [0.1, 0.15) is 0 Å². The quantitative estimate of drug-likeness (QED) is 0.502. The highest BCUT2D eigenvalue weighted by Gasteiger charge is 2.04. The molecule has 0 aliphatic carbocycles. The van der Waals surface area contributed by atoms with Gasteiger partial charge in [0.25, 0.3) is 0 Å². The van der Waals surface area contributed by atoms with Gasteiger partial charge in [0.2, 0.25) is 0 Å². The number of ether oxygens (including phenoxy) is 1. The number of aromatic nitrogens is 1. The zero-order chi connectivity index (χ0) is 12.1. The topological polar surface area (TPSA) is 48.1 Å². The molecule has 0 spiro atoms. The summed E-state index contributed by atoms with van der Waals surface area (Å²) in [4.78, 5) is 5.56. The number of benzene rings is 1. The number of methoxy groups -OCH3 is 1. The van der Waals surface area contributed by atoms with E-state index in [9.17, 15) is 0 Å². The summed E-state index contributed by atoms with van der Waals surface area (Å²) in [7, 11) is 1.73. The molecule has 0 radical (unpaired) electrons. The van der Waals surface area contributed by atoms with E-state index < -0.39 is 0 Å². The minimum absolute atomic E-state index is 0.738. The second-order valence-corrected chi connectivity index (χ2v) is 4.88. The predicted molar refractivity (Wildman–Crippen MR) is 73.4 cm³/mol. The van der Waals surface area contributed by atoms with E-state index in [2.05, 4.69) is 11.1 Å².